The van der Waals surface area contributed by atoms with E-state index in [1.54, 1.807) is 31.3 Å². The highest BCUT2D eigenvalue weighted by Gasteiger charge is 2.15. The van der Waals surface area contributed by atoms with Crippen LogP contribution in [0.15, 0.2) is 65.6 Å². The van der Waals surface area contributed by atoms with Crippen LogP contribution in [0.2, 0.25) is 0 Å². The van der Waals surface area contributed by atoms with Gasteiger partial charge in [-0.1, -0.05) is 29.4 Å². The number of pyridine rings is 1. The Morgan fingerprint density at radius 3 is 2.54 bits per heavy atom. The van der Waals surface area contributed by atoms with E-state index in [1.165, 1.54) is 5.54 Å². The number of aromatic nitrogens is 4. The summed E-state index contributed by atoms with van der Waals surface area (Å²) >= 11 is 7.16. The Morgan fingerprint density at radius 1 is 1.12 bits per heavy atom. The highest BCUT2D eigenvalue weighted by Crippen LogP contribution is 2.28. The summed E-state index contributed by atoms with van der Waals surface area (Å²) in [6.45, 7) is 0. The molecule has 7 heteroatoms. The number of thioether (sulfide) groups is 1. The summed E-state index contributed by atoms with van der Waals surface area (Å²) < 4.78 is 7.25. The molecule has 2 heterocycles. The maximum Gasteiger partial charge on any atom is 0.196 e. The standard InChI is InChI=1S/C17H15ClN4OS/c1-23-15-5-3-14(4-6-15)22-16(13-7-10-19-11-8-13)20-21-17(22)24-12-2-9-18/h2-11H,12H2,1H3/b9-2+. The first-order chi connectivity index (χ1) is 11.8. The van der Waals surface area contributed by atoms with Crippen molar-refractivity contribution < 1.29 is 4.74 Å². The maximum atomic E-state index is 5.60. The van der Waals surface area contributed by atoms with Crippen LogP contribution in [-0.4, -0.2) is 32.6 Å². The van der Waals surface area contributed by atoms with Crippen molar-refractivity contribution in [1.29, 1.82) is 0 Å². The van der Waals surface area contributed by atoms with Gasteiger partial charge >= 0.3 is 0 Å². The van der Waals surface area contributed by atoms with Crippen LogP contribution in [0.4, 0.5) is 0 Å². The lowest BCUT2D eigenvalue weighted by Gasteiger charge is -2.10. The molecular formula is C17H15ClN4OS. The van der Waals surface area contributed by atoms with Gasteiger partial charge < -0.3 is 4.74 Å². The molecule has 24 heavy (non-hydrogen) atoms. The minimum Gasteiger partial charge on any atom is -0.497 e. The summed E-state index contributed by atoms with van der Waals surface area (Å²) in [5.41, 5.74) is 3.42. The van der Waals surface area contributed by atoms with E-state index in [0.29, 0.717) is 5.75 Å². The van der Waals surface area contributed by atoms with Gasteiger partial charge in [0.05, 0.1) is 7.11 Å². The summed E-state index contributed by atoms with van der Waals surface area (Å²) in [5.74, 6) is 2.28. The van der Waals surface area contributed by atoms with Crippen LogP contribution in [0.5, 0.6) is 5.75 Å². The molecular weight excluding hydrogens is 344 g/mol. The molecule has 0 amide bonds. The largest absolute Gasteiger partial charge is 0.497 e. The zero-order chi connectivity index (χ0) is 16.8. The minimum atomic E-state index is 0.716. The normalized spacial score (nSPS) is 11.1. The van der Waals surface area contributed by atoms with Crippen LogP contribution in [0, 0.1) is 0 Å². The number of hydrogen-bond donors (Lipinski definition) is 0. The molecule has 5 nitrogen and oxygen atoms in total. The molecule has 0 N–H and O–H groups in total. The highest BCUT2D eigenvalue weighted by atomic mass is 35.5. The van der Waals surface area contributed by atoms with Gasteiger partial charge in [-0.05, 0) is 36.4 Å². The molecule has 0 aliphatic rings. The predicted octanol–water partition coefficient (Wildman–Crippen LogP) is 4.18. The van der Waals surface area contributed by atoms with Gasteiger partial charge in [-0.25, -0.2) is 0 Å². The maximum absolute atomic E-state index is 5.60. The smallest absolute Gasteiger partial charge is 0.196 e. The zero-order valence-corrected chi connectivity index (χ0v) is 14.5. The van der Waals surface area contributed by atoms with E-state index >= 15 is 0 Å². The average Bonchev–Trinajstić information content (AvgIpc) is 3.06. The number of benzene rings is 1. The van der Waals surface area contributed by atoms with Gasteiger partial charge in [-0.15, -0.1) is 10.2 Å². The second kappa shape index (κ2) is 7.99. The Bertz CT molecular complexity index is 818. The molecule has 0 saturated heterocycles. The van der Waals surface area contributed by atoms with Crippen LogP contribution < -0.4 is 4.74 Å². The van der Waals surface area contributed by atoms with Crippen LogP contribution in [0.1, 0.15) is 0 Å². The molecule has 1 aromatic carbocycles. The summed E-state index contributed by atoms with van der Waals surface area (Å²) in [6.07, 6.45) is 5.35. The molecule has 0 unspecified atom stereocenters. The van der Waals surface area contributed by atoms with E-state index < -0.39 is 0 Å². The van der Waals surface area contributed by atoms with Gasteiger partial charge in [-0.3, -0.25) is 9.55 Å². The van der Waals surface area contributed by atoms with Crippen LogP contribution >= 0.6 is 23.4 Å². The highest BCUT2D eigenvalue weighted by molar-refractivity contribution is 7.99. The van der Waals surface area contributed by atoms with Crippen molar-refractivity contribution in [2.45, 2.75) is 5.16 Å². The molecule has 0 aliphatic heterocycles. The van der Waals surface area contributed by atoms with Gasteiger partial charge in [0, 0.05) is 34.9 Å². The second-order valence-corrected chi connectivity index (χ2v) is 5.99. The molecule has 0 saturated carbocycles. The first kappa shape index (κ1) is 16.5. The summed E-state index contributed by atoms with van der Waals surface area (Å²) in [7, 11) is 1.65. The Kier molecular flexibility index (Phi) is 5.51. The molecule has 122 valence electrons. The molecule has 0 aliphatic carbocycles. The fourth-order valence-corrected chi connectivity index (χ4v) is 3.13. The van der Waals surface area contributed by atoms with Crippen molar-refractivity contribution in [3.8, 4) is 22.8 Å². The van der Waals surface area contributed by atoms with E-state index in [9.17, 15) is 0 Å². The first-order valence-electron chi connectivity index (χ1n) is 7.21. The second-order valence-electron chi connectivity index (χ2n) is 4.75. The van der Waals surface area contributed by atoms with Gasteiger partial charge in [0.25, 0.3) is 0 Å². The van der Waals surface area contributed by atoms with E-state index in [1.807, 2.05) is 47.0 Å². The third kappa shape index (κ3) is 3.60. The molecule has 0 atom stereocenters. The minimum absolute atomic E-state index is 0.716. The van der Waals surface area contributed by atoms with Crippen molar-refractivity contribution in [3.63, 3.8) is 0 Å². The SMILES string of the molecule is COc1ccc(-n2c(SC/C=C/Cl)nnc2-c2ccncc2)cc1. The van der Waals surface area contributed by atoms with Gasteiger partial charge in [0.15, 0.2) is 11.0 Å². The van der Waals surface area contributed by atoms with Gasteiger partial charge in [0.1, 0.15) is 5.75 Å². The topological polar surface area (TPSA) is 52.8 Å². The van der Waals surface area contributed by atoms with Crippen molar-refractivity contribution in [1.82, 2.24) is 19.7 Å². The number of hydrogen-bond acceptors (Lipinski definition) is 5. The van der Waals surface area contributed by atoms with Gasteiger partial charge in [0.2, 0.25) is 0 Å². The number of halogens is 1. The lowest BCUT2D eigenvalue weighted by Crippen LogP contribution is -2.00. The summed E-state index contributed by atoms with van der Waals surface area (Å²) in [5, 5.41) is 9.48. The fraction of sp³-hybridized carbons (Fsp3) is 0.118. The zero-order valence-electron chi connectivity index (χ0n) is 13.0. The molecule has 3 aromatic rings. The number of nitrogens with zero attached hydrogens (tertiary/aromatic N) is 4. The third-order valence-electron chi connectivity index (χ3n) is 3.30. The van der Waals surface area contributed by atoms with Crippen LogP contribution in [0.3, 0.4) is 0 Å². The molecule has 0 fully saturated rings. The summed E-state index contributed by atoms with van der Waals surface area (Å²) in [4.78, 5) is 4.06. The quantitative estimate of drug-likeness (QED) is 0.618. The van der Waals surface area contributed by atoms with Crippen molar-refractivity contribution in [2.24, 2.45) is 0 Å². The van der Waals surface area contributed by atoms with E-state index in [0.717, 1.165) is 28.0 Å². The lowest BCUT2D eigenvalue weighted by atomic mass is 10.2. The van der Waals surface area contributed by atoms with Gasteiger partial charge in [-0.2, -0.15) is 0 Å². The first-order valence-corrected chi connectivity index (χ1v) is 8.64. The molecule has 2 aromatic heterocycles. The molecule has 0 radical (unpaired) electrons. The lowest BCUT2D eigenvalue weighted by molar-refractivity contribution is 0.414. The van der Waals surface area contributed by atoms with Crippen LogP contribution in [0.25, 0.3) is 17.1 Å². The molecule has 3 rings (SSSR count). The van der Waals surface area contributed by atoms with Crippen molar-refractivity contribution >= 4 is 23.4 Å². The number of methoxy groups -OCH3 is 1. The van der Waals surface area contributed by atoms with E-state index in [2.05, 4.69) is 15.2 Å². The van der Waals surface area contributed by atoms with E-state index in [-0.39, 0.29) is 0 Å². The Balaban J connectivity index is 2.06. The number of ether oxygens (including phenoxy) is 1. The Hall–Kier alpha value is -2.31. The van der Waals surface area contributed by atoms with E-state index in [4.69, 9.17) is 16.3 Å². The predicted molar refractivity (Wildman–Crippen MR) is 96.9 cm³/mol. The fourth-order valence-electron chi connectivity index (χ4n) is 2.17. The average molecular weight is 359 g/mol. The van der Waals surface area contributed by atoms with Crippen molar-refractivity contribution in [2.75, 3.05) is 12.9 Å². The Labute approximate surface area is 149 Å². The number of rotatable bonds is 6. The third-order valence-corrected chi connectivity index (χ3v) is 4.36. The molecule has 0 spiro atoms. The van der Waals surface area contributed by atoms with Crippen LogP contribution in [-0.2, 0) is 0 Å². The van der Waals surface area contributed by atoms with Crippen molar-refractivity contribution in [3.05, 3.63) is 60.4 Å². The Morgan fingerprint density at radius 2 is 1.88 bits per heavy atom. The monoisotopic (exact) mass is 358 g/mol. The molecule has 0 bridgehead atoms. The summed E-state index contributed by atoms with van der Waals surface area (Å²) in [6, 6.07) is 11.6.